The molecule has 0 amide bonds. The fourth-order valence-corrected chi connectivity index (χ4v) is 3.38. The molecular formula is C23H19N3O3. The summed E-state index contributed by atoms with van der Waals surface area (Å²) < 4.78 is 2.15. The predicted molar refractivity (Wildman–Crippen MR) is 110 cm³/mol. The van der Waals surface area contributed by atoms with Crippen molar-refractivity contribution in [1.29, 1.82) is 0 Å². The second-order valence-corrected chi connectivity index (χ2v) is 6.68. The third kappa shape index (κ3) is 3.73. The van der Waals surface area contributed by atoms with Crippen molar-refractivity contribution in [2.24, 2.45) is 0 Å². The molecule has 0 bridgehead atoms. The van der Waals surface area contributed by atoms with Gasteiger partial charge >= 0.3 is 11.4 Å². The molecule has 0 radical (unpaired) electrons. The van der Waals surface area contributed by atoms with Crippen LogP contribution in [0.1, 0.15) is 17.2 Å². The number of rotatable bonds is 6. The highest BCUT2D eigenvalue weighted by Crippen LogP contribution is 2.19. The smallest absolute Gasteiger partial charge is 0.297 e. The summed E-state index contributed by atoms with van der Waals surface area (Å²) in [7, 11) is 0. The summed E-state index contributed by atoms with van der Waals surface area (Å²) in [5, 5.41) is 2.57. The summed E-state index contributed by atoms with van der Waals surface area (Å²) in [6.45, 7) is 0. The minimum absolute atomic E-state index is 0.144. The normalized spacial score (nSPS) is 11.9. The summed E-state index contributed by atoms with van der Waals surface area (Å²) in [4.78, 5) is 38.9. The first-order valence-corrected chi connectivity index (χ1v) is 9.26. The van der Waals surface area contributed by atoms with Crippen LogP contribution in [0.2, 0.25) is 0 Å². The molecular weight excluding hydrogens is 366 g/mol. The van der Waals surface area contributed by atoms with E-state index in [1.54, 1.807) is 54.6 Å². The average molecular weight is 385 g/mol. The molecule has 6 heteroatoms. The molecule has 1 unspecified atom stereocenters. The topological polar surface area (TPSA) is 76.9 Å². The number of H-pyrrole nitrogens is 1. The number of carbonyl (C=O) groups is 1. The molecule has 1 heterocycles. The molecule has 1 N–H and O–H groups in total. The molecule has 0 aliphatic carbocycles. The number of ketones is 1. The maximum Gasteiger partial charge on any atom is 0.352 e. The Morgan fingerprint density at radius 1 is 0.793 bits per heavy atom. The van der Waals surface area contributed by atoms with Crippen molar-refractivity contribution in [2.75, 3.05) is 0 Å². The highest BCUT2D eigenvalue weighted by Gasteiger charge is 2.27. The Morgan fingerprint density at radius 3 is 1.97 bits per heavy atom. The molecule has 0 fully saturated rings. The molecule has 29 heavy (non-hydrogen) atoms. The number of nitrogens with zero attached hydrogens (tertiary/aromatic N) is 2. The van der Waals surface area contributed by atoms with E-state index in [1.807, 2.05) is 36.4 Å². The molecule has 0 saturated heterocycles. The van der Waals surface area contributed by atoms with E-state index in [9.17, 15) is 14.4 Å². The third-order valence-corrected chi connectivity index (χ3v) is 4.73. The quantitative estimate of drug-likeness (QED) is 0.554. The highest BCUT2D eigenvalue weighted by molar-refractivity contribution is 5.87. The molecule has 0 aliphatic heterocycles. The third-order valence-electron chi connectivity index (χ3n) is 4.73. The van der Waals surface area contributed by atoms with Crippen LogP contribution in [0.25, 0.3) is 5.69 Å². The minimum atomic E-state index is -0.929. The summed E-state index contributed by atoms with van der Waals surface area (Å²) >= 11 is 0. The van der Waals surface area contributed by atoms with Gasteiger partial charge in [0.1, 0.15) is 6.04 Å². The molecule has 4 rings (SSSR count). The average Bonchev–Trinajstić information content (AvgIpc) is 3.04. The lowest BCUT2D eigenvalue weighted by atomic mass is 9.98. The van der Waals surface area contributed by atoms with Crippen LogP contribution in [0.3, 0.4) is 0 Å². The van der Waals surface area contributed by atoms with Gasteiger partial charge in [-0.3, -0.25) is 4.79 Å². The standard InChI is InChI=1S/C23H19N3O3/c27-20(16-17-10-4-1-5-11-17)21(18-12-6-2-7-13-18)26-23(29)25(22(28)24-26)19-14-8-3-9-15-19/h1-15,21H,16H2,(H,24,28). The zero-order chi connectivity index (χ0) is 20.2. The molecule has 3 aromatic carbocycles. The monoisotopic (exact) mass is 385 g/mol. The Kier molecular flexibility index (Phi) is 5.07. The van der Waals surface area contributed by atoms with Crippen LogP contribution >= 0.6 is 0 Å². The maximum absolute atomic E-state index is 13.2. The summed E-state index contributed by atoms with van der Waals surface area (Å²) in [5.41, 5.74) is 0.749. The molecule has 1 aromatic heterocycles. The Labute approximate surface area is 166 Å². The van der Waals surface area contributed by atoms with Gasteiger partial charge in [-0.25, -0.2) is 23.9 Å². The van der Waals surface area contributed by atoms with Crippen LogP contribution in [0, 0.1) is 0 Å². The zero-order valence-electron chi connectivity index (χ0n) is 15.6. The minimum Gasteiger partial charge on any atom is -0.297 e. The lowest BCUT2D eigenvalue weighted by Gasteiger charge is -2.16. The molecule has 0 aliphatic rings. The number of carbonyl (C=O) groups excluding carboxylic acids is 1. The van der Waals surface area contributed by atoms with Gasteiger partial charge in [0.15, 0.2) is 5.78 Å². The van der Waals surface area contributed by atoms with E-state index in [4.69, 9.17) is 0 Å². The van der Waals surface area contributed by atoms with Gasteiger partial charge in [0.05, 0.1) is 5.69 Å². The second kappa shape index (κ2) is 7.98. The first-order valence-electron chi connectivity index (χ1n) is 9.26. The number of benzene rings is 3. The van der Waals surface area contributed by atoms with E-state index >= 15 is 0 Å². The van der Waals surface area contributed by atoms with Crippen molar-refractivity contribution >= 4 is 5.78 Å². The van der Waals surface area contributed by atoms with Gasteiger partial charge in [0, 0.05) is 6.42 Å². The van der Waals surface area contributed by atoms with E-state index in [0.717, 1.165) is 14.8 Å². The van der Waals surface area contributed by atoms with E-state index in [-0.39, 0.29) is 12.2 Å². The first-order chi connectivity index (χ1) is 14.1. The number of Topliss-reactive ketones (excluding diaryl/α,β-unsaturated/α-hetero) is 1. The number of aromatic amines is 1. The van der Waals surface area contributed by atoms with Gasteiger partial charge in [0.25, 0.3) is 0 Å². The van der Waals surface area contributed by atoms with E-state index in [1.165, 1.54) is 0 Å². The number of para-hydroxylation sites is 1. The van der Waals surface area contributed by atoms with Gasteiger partial charge in [-0.15, -0.1) is 0 Å². The molecule has 1 atom stereocenters. The van der Waals surface area contributed by atoms with Crippen LogP contribution in [-0.2, 0) is 11.2 Å². The van der Waals surface area contributed by atoms with Crippen LogP contribution in [0.5, 0.6) is 0 Å². The number of hydrogen-bond acceptors (Lipinski definition) is 3. The van der Waals surface area contributed by atoms with Gasteiger partial charge in [-0.1, -0.05) is 78.9 Å². The van der Waals surface area contributed by atoms with Crippen molar-refractivity contribution in [3.63, 3.8) is 0 Å². The lowest BCUT2D eigenvalue weighted by Crippen LogP contribution is -2.33. The maximum atomic E-state index is 13.2. The Balaban J connectivity index is 1.82. The predicted octanol–water partition coefficient (Wildman–Crippen LogP) is 2.73. The van der Waals surface area contributed by atoms with Crippen molar-refractivity contribution in [2.45, 2.75) is 12.5 Å². The van der Waals surface area contributed by atoms with Crippen molar-refractivity contribution < 1.29 is 4.79 Å². The fraction of sp³-hybridized carbons (Fsp3) is 0.0870. The van der Waals surface area contributed by atoms with Crippen LogP contribution in [0.15, 0.2) is 101 Å². The zero-order valence-corrected chi connectivity index (χ0v) is 15.6. The molecule has 4 aromatic rings. The number of aromatic nitrogens is 3. The van der Waals surface area contributed by atoms with Crippen LogP contribution in [0.4, 0.5) is 0 Å². The Morgan fingerprint density at radius 2 is 1.34 bits per heavy atom. The second-order valence-electron chi connectivity index (χ2n) is 6.68. The van der Waals surface area contributed by atoms with Gasteiger partial charge in [-0.05, 0) is 23.3 Å². The lowest BCUT2D eigenvalue weighted by molar-refractivity contribution is -0.120. The largest absolute Gasteiger partial charge is 0.352 e. The number of nitrogens with one attached hydrogen (secondary N) is 1. The van der Waals surface area contributed by atoms with Crippen molar-refractivity contribution in [3.8, 4) is 5.69 Å². The Bertz CT molecular complexity index is 1220. The van der Waals surface area contributed by atoms with Crippen LogP contribution in [-0.4, -0.2) is 20.1 Å². The summed E-state index contributed by atoms with van der Waals surface area (Å²) in [6.07, 6.45) is 0.144. The molecule has 0 saturated carbocycles. The SMILES string of the molecule is O=C(Cc1ccccc1)C(c1ccccc1)n1[nH]c(=O)n(-c2ccccc2)c1=O. The van der Waals surface area contributed by atoms with Crippen molar-refractivity contribution in [1.82, 2.24) is 14.3 Å². The van der Waals surface area contributed by atoms with Gasteiger partial charge < -0.3 is 0 Å². The van der Waals surface area contributed by atoms with Crippen molar-refractivity contribution in [3.05, 3.63) is 123 Å². The van der Waals surface area contributed by atoms with Gasteiger partial charge in [0.2, 0.25) is 0 Å². The summed E-state index contributed by atoms with van der Waals surface area (Å²) in [6, 6.07) is 26.0. The fourth-order valence-electron chi connectivity index (χ4n) is 3.38. The Hall–Kier alpha value is -3.93. The first kappa shape index (κ1) is 18.4. The van der Waals surface area contributed by atoms with E-state index < -0.39 is 17.4 Å². The van der Waals surface area contributed by atoms with E-state index in [0.29, 0.717) is 11.3 Å². The summed E-state index contributed by atoms with van der Waals surface area (Å²) in [5.74, 6) is -0.189. The highest BCUT2D eigenvalue weighted by atomic mass is 16.2. The molecule has 0 spiro atoms. The molecule has 144 valence electrons. The van der Waals surface area contributed by atoms with Gasteiger partial charge in [-0.2, -0.15) is 0 Å². The molecule has 6 nitrogen and oxygen atoms in total. The van der Waals surface area contributed by atoms with Crippen LogP contribution < -0.4 is 11.4 Å². The van der Waals surface area contributed by atoms with E-state index in [2.05, 4.69) is 5.10 Å². The number of hydrogen-bond donors (Lipinski definition) is 1.